The van der Waals surface area contributed by atoms with Gasteiger partial charge >= 0.3 is 0 Å². The molecule has 6 heteroatoms. The molecular weight excluding hydrogens is 246 g/mol. The smallest absolute Gasteiger partial charge is 0.139 e. The Kier molecular flexibility index (Phi) is 4.08. The predicted octanol–water partition coefficient (Wildman–Crippen LogP) is 1.01. The molecule has 0 aliphatic carbocycles. The fourth-order valence-corrected chi connectivity index (χ4v) is 2.39. The van der Waals surface area contributed by atoms with Crippen LogP contribution in [-0.2, 0) is 0 Å². The molecule has 1 aromatic rings. The molecule has 0 saturated carbocycles. The van der Waals surface area contributed by atoms with E-state index >= 15 is 0 Å². The van der Waals surface area contributed by atoms with Crippen LogP contribution in [0.2, 0.25) is 0 Å². The van der Waals surface area contributed by atoms with Gasteiger partial charge < -0.3 is 16.0 Å². The van der Waals surface area contributed by atoms with Crippen LogP contribution in [0.25, 0.3) is 0 Å². The first-order valence-corrected chi connectivity index (χ1v) is 6.55. The Morgan fingerprint density at radius 1 is 1.61 bits per heavy atom. The van der Waals surface area contributed by atoms with Gasteiger partial charge in [0.25, 0.3) is 0 Å². The van der Waals surface area contributed by atoms with Gasteiger partial charge in [-0.1, -0.05) is 12.2 Å². The molecule has 1 fully saturated rings. The maximum atomic E-state index is 5.67. The van der Waals surface area contributed by atoms with Crippen molar-refractivity contribution in [3.63, 3.8) is 0 Å². The third-order valence-corrected chi connectivity index (χ3v) is 3.75. The minimum atomic E-state index is 0.332. The standard InChI is InChI=1S/C12H19N5S/c1-8-5-9(3-4-17(8)2)16-12-10(11(13)18)6-14-7-15-12/h6-9H,3-5H2,1-2H3,(H2,13,18)(H,14,15,16). The van der Waals surface area contributed by atoms with Crippen molar-refractivity contribution in [1.29, 1.82) is 0 Å². The van der Waals surface area contributed by atoms with Crippen molar-refractivity contribution in [3.8, 4) is 0 Å². The molecule has 5 nitrogen and oxygen atoms in total. The number of rotatable bonds is 3. The Bertz CT molecular complexity index is 436. The summed E-state index contributed by atoms with van der Waals surface area (Å²) in [4.78, 5) is 10.9. The number of likely N-dealkylation sites (tertiary alicyclic amines) is 1. The molecule has 2 heterocycles. The number of piperidine rings is 1. The molecule has 18 heavy (non-hydrogen) atoms. The number of aromatic nitrogens is 2. The number of thiocarbonyl (C=S) groups is 1. The minimum absolute atomic E-state index is 0.332. The summed E-state index contributed by atoms with van der Waals surface area (Å²) >= 11 is 5.01. The molecule has 2 unspecified atom stereocenters. The molecule has 1 aromatic heterocycles. The van der Waals surface area contributed by atoms with Crippen molar-refractivity contribution in [2.45, 2.75) is 31.8 Å². The van der Waals surface area contributed by atoms with E-state index in [9.17, 15) is 0 Å². The van der Waals surface area contributed by atoms with Gasteiger partial charge in [-0.15, -0.1) is 0 Å². The predicted molar refractivity (Wildman–Crippen MR) is 76.7 cm³/mol. The first-order valence-electron chi connectivity index (χ1n) is 6.14. The summed E-state index contributed by atoms with van der Waals surface area (Å²) in [7, 11) is 2.16. The number of hydrogen-bond acceptors (Lipinski definition) is 5. The van der Waals surface area contributed by atoms with Gasteiger partial charge in [-0.3, -0.25) is 0 Å². The van der Waals surface area contributed by atoms with Gasteiger partial charge in [-0.25, -0.2) is 9.97 Å². The minimum Gasteiger partial charge on any atom is -0.389 e. The molecule has 2 rings (SSSR count). The van der Waals surface area contributed by atoms with E-state index in [-0.39, 0.29) is 0 Å². The fourth-order valence-electron chi connectivity index (χ4n) is 2.24. The molecule has 98 valence electrons. The van der Waals surface area contributed by atoms with Crippen LogP contribution in [0.1, 0.15) is 25.3 Å². The molecule has 0 bridgehead atoms. The lowest BCUT2D eigenvalue weighted by atomic mass is 9.99. The SMILES string of the molecule is CC1CC(Nc2ncncc2C(N)=S)CCN1C. The summed E-state index contributed by atoms with van der Waals surface area (Å²) in [5, 5.41) is 3.44. The van der Waals surface area contributed by atoms with Crippen LogP contribution < -0.4 is 11.1 Å². The van der Waals surface area contributed by atoms with Gasteiger partial charge in [0.2, 0.25) is 0 Å². The lowest BCUT2D eigenvalue weighted by Gasteiger charge is -2.35. The van der Waals surface area contributed by atoms with Crippen molar-refractivity contribution in [1.82, 2.24) is 14.9 Å². The highest BCUT2D eigenvalue weighted by Crippen LogP contribution is 2.20. The van der Waals surface area contributed by atoms with E-state index in [0.717, 1.165) is 30.8 Å². The molecular formula is C12H19N5S. The summed E-state index contributed by atoms with van der Waals surface area (Å²) in [6, 6.07) is 0.991. The number of hydrogen-bond donors (Lipinski definition) is 2. The zero-order valence-electron chi connectivity index (χ0n) is 10.8. The maximum absolute atomic E-state index is 5.67. The van der Waals surface area contributed by atoms with Gasteiger partial charge in [0.05, 0.1) is 5.56 Å². The highest BCUT2D eigenvalue weighted by molar-refractivity contribution is 7.80. The van der Waals surface area contributed by atoms with Gasteiger partial charge in [0.15, 0.2) is 0 Å². The zero-order chi connectivity index (χ0) is 13.1. The van der Waals surface area contributed by atoms with Gasteiger partial charge in [-0.2, -0.15) is 0 Å². The highest BCUT2D eigenvalue weighted by Gasteiger charge is 2.23. The van der Waals surface area contributed by atoms with E-state index in [2.05, 4.69) is 34.2 Å². The summed E-state index contributed by atoms with van der Waals surface area (Å²) in [5.74, 6) is 0.749. The second-order valence-corrected chi connectivity index (χ2v) is 5.28. The molecule has 0 amide bonds. The van der Waals surface area contributed by atoms with Crippen LogP contribution in [0, 0.1) is 0 Å². The van der Waals surface area contributed by atoms with E-state index in [1.54, 1.807) is 6.20 Å². The highest BCUT2D eigenvalue weighted by atomic mass is 32.1. The first-order chi connectivity index (χ1) is 8.58. The summed E-state index contributed by atoms with van der Waals surface area (Å²) in [6.07, 6.45) is 5.37. The van der Waals surface area contributed by atoms with Crippen LogP contribution in [-0.4, -0.2) is 45.5 Å². The molecule has 0 radical (unpaired) electrons. The maximum Gasteiger partial charge on any atom is 0.139 e. The summed E-state index contributed by atoms with van der Waals surface area (Å²) < 4.78 is 0. The fraction of sp³-hybridized carbons (Fsp3) is 0.583. The molecule has 3 N–H and O–H groups in total. The zero-order valence-corrected chi connectivity index (χ0v) is 11.6. The summed E-state index contributed by atoms with van der Waals surface area (Å²) in [6.45, 7) is 3.33. The third-order valence-electron chi connectivity index (χ3n) is 3.53. The van der Waals surface area contributed by atoms with Gasteiger partial charge in [-0.05, 0) is 26.8 Å². The second kappa shape index (κ2) is 5.58. The molecule has 1 saturated heterocycles. The number of anilines is 1. The molecule has 1 aliphatic rings. The van der Waals surface area contributed by atoms with E-state index in [1.165, 1.54) is 6.33 Å². The van der Waals surface area contributed by atoms with Crippen LogP contribution >= 0.6 is 12.2 Å². The molecule has 2 atom stereocenters. The van der Waals surface area contributed by atoms with E-state index in [4.69, 9.17) is 18.0 Å². The Morgan fingerprint density at radius 2 is 2.39 bits per heavy atom. The van der Waals surface area contributed by atoms with Crippen LogP contribution in [0.4, 0.5) is 5.82 Å². The average molecular weight is 265 g/mol. The van der Waals surface area contributed by atoms with Gasteiger partial charge in [0.1, 0.15) is 17.1 Å². The number of nitrogens with zero attached hydrogens (tertiary/aromatic N) is 3. The Morgan fingerprint density at radius 3 is 3.06 bits per heavy atom. The summed E-state index contributed by atoms with van der Waals surface area (Å²) in [5.41, 5.74) is 6.39. The Balaban J connectivity index is 2.08. The second-order valence-electron chi connectivity index (χ2n) is 4.84. The first kappa shape index (κ1) is 13.2. The van der Waals surface area contributed by atoms with Crippen LogP contribution in [0.15, 0.2) is 12.5 Å². The van der Waals surface area contributed by atoms with E-state index in [0.29, 0.717) is 17.1 Å². The molecule has 0 aromatic carbocycles. The van der Waals surface area contributed by atoms with Crippen molar-refractivity contribution < 1.29 is 0 Å². The lowest BCUT2D eigenvalue weighted by Crippen LogP contribution is -2.43. The monoisotopic (exact) mass is 265 g/mol. The average Bonchev–Trinajstić information content (AvgIpc) is 2.34. The number of nitrogens with two attached hydrogens (primary N) is 1. The quantitative estimate of drug-likeness (QED) is 0.795. The normalized spacial score (nSPS) is 24.8. The largest absolute Gasteiger partial charge is 0.389 e. The lowest BCUT2D eigenvalue weighted by molar-refractivity contribution is 0.190. The van der Waals surface area contributed by atoms with Crippen molar-refractivity contribution in [3.05, 3.63) is 18.1 Å². The van der Waals surface area contributed by atoms with Crippen LogP contribution in [0.3, 0.4) is 0 Å². The van der Waals surface area contributed by atoms with E-state index in [1.807, 2.05) is 0 Å². The Labute approximate surface area is 113 Å². The van der Waals surface area contributed by atoms with Crippen molar-refractivity contribution in [2.24, 2.45) is 5.73 Å². The van der Waals surface area contributed by atoms with Crippen molar-refractivity contribution >= 4 is 23.0 Å². The Hall–Kier alpha value is -1.27. The van der Waals surface area contributed by atoms with E-state index < -0.39 is 0 Å². The molecule has 0 spiro atoms. The molecule has 1 aliphatic heterocycles. The van der Waals surface area contributed by atoms with Crippen molar-refractivity contribution in [2.75, 3.05) is 18.9 Å². The van der Waals surface area contributed by atoms with Crippen LogP contribution in [0.5, 0.6) is 0 Å². The number of nitrogens with one attached hydrogen (secondary N) is 1. The topological polar surface area (TPSA) is 67.1 Å². The third kappa shape index (κ3) is 2.94. The van der Waals surface area contributed by atoms with Gasteiger partial charge in [0, 0.05) is 24.8 Å².